The largest absolute Gasteiger partial charge is 0.354 e. The van der Waals surface area contributed by atoms with Gasteiger partial charge in [0.1, 0.15) is 0 Å². The van der Waals surface area contributed by atoms with Gasteiger partial charge in [-0.3, -0.25) is 0 Å². The Balaban J connectivity index is 1.15. The summed E-state index contributed by atoms with van der Waals surface area (Å²) in [7, 11) is 0.862. The first-order valence-corrected chi connectivity index (χ1v) is 21.6. The van der Waals surface area contributed by atoms with Crippen LogP contribution in [0.15, 0.2) is 162 Å². The highest BCUT2D eigenvalue weighted by atomic mass is 15.2. The molecule has 2 heterocycles. The van der Waals surface area contributed by atoms with Crippen molar-refractivity contribution in [2.45, 2.75) is 64.2 Å². The summed E-state index contributed by atoms with van der Waals surface area (Å²) in [4.78, 5) is 6.69. The maximum absolute atomic E-state index is 3.98. The number of fused-ring (bicyclic) bond motifs is 10. The standard InChI is InChI=1S/C56H45BN2/c1-56(2)47-24-13-12-21-42(47)45-34-46(43-22-14-23-44-51-41-20-11-10-19-38(41)27-31-49(51)58-54(43)44)53-55(52(45)56)59(40-29-25-37(26-30-40)35-15-6-3-4-7-16-35)50-32-28-39(33-48(50)57-53)36-17-8-5-9-18-36/h5,8-12,14-15,17-23,25,27-29,31-34,57-58H,3,6,13,16,24,26,30H2,1-2H3. The van der Waals surface area contributed by atoms with Crippen molar-refractivity contribution in [3.8, 4) is 34.1 Å². The van der Waals surface area contributed by atoms with Crippen molar-refractivity contribution in [2.24, 2.45) is 0 Å². The Bertz CT molecular complexity index is 3190. The van der Waals surface area contributed by atoms with E-state index >= 15 is 0 Å². The molecule has 282 valence electrons. The minimum Gasteiger partial charge on any atom is -0.354 e. The van der Waals surface area contributed by atoms with Gasteiger partial charge in [0.2, 0.25) is 0 Å². The topological polar surface area (TPSA) is 19.0 Å². The van der Waals surface area contributed by atoms with E-state index in [1.807, 2.05) is 0 Å². The lowest BCUT2D eigenvalue weighted by molar-refractivity contribution is 0.607. The van der Waals surface area contributed by atoms with Crippen LogP contribution in [0.3, 0.4) is 0 Å². The number of hydrogen-bond acceptors (Lipinski definition) is 1. The first-order chi connectivity index (χ1) is 29.0. The van der Waals surface area contributed by atoms with Crippen molar-refractivity contribution in [3.63, 3.8) is 0 Å². The number of rotatable bonds is 4. The summed E-state index contributed by atoms with van der Waals surface area (Å²) in [6, 6.07) is 41.0. The Morgan fingerprint density at radius 1 is 0.712 bits per heavy atom. The Labute approximate surface area is 347 Å². The molecule has 0 unspecified atom stereocenters. The predicted octanol–water partition coefficient (Wildman–Crippen LogP) is 12.8. The predicted molar refractivity (Wildman–Crippen MR) is 253 cm³/mol. The average Bonchev–Trinajstić information content (AvgIpc) is 3.62. The van der Waals surface area contributed by atoms with E-state index in [-0.39, 0.29) is 5.41 Å². The van der Waals surface area contributed by atoms with E-state index < -0.39 is 0 Å². The Kier molecular flexibility index (Phi) is 7.77. The summed E-state index contributed by atoms with van der Waals surface area (Å²) in [5.41, 5.74) is 23.1. The highest BCUT2D eigenvalue weighted by molar-refractivity contribution is 6.73. The molecular formula is C56H45BN2. The zero-order chi connectivity index (χ0) is 39.2. The molecule has 0 saturated carbocycles. The van der Waals surface area contributed by atoms with Crippen LogP contribution in [0.25, 0.3) is 60.4 Å². The second kappa shape index (κ2) is 13.3. The lowest BCUT2D eigenvalue weighted by Crippen LogP contribution is -2.44. The number of anilines is 2. The summed E-state index contributed by atoms with van der Waals surface area (Å²) < 4.78 is 0. The van der Waals surface area contributed by atoms with Crippen LogP contribution in [0.2, 0.25) is 0 Å². The second-order valence-corrected chi connectivity index (χ2v) is 17.6. The van der Waals surface area contributed by atoms with Gasteiger partial charge in [0.25, 0.3) is 0 Å². The molecule has 0 amide bonds. The number of allylic oxidation sites excluding steroid dienone is 10. The number of aromatic nitrogens is 1. The molecule has 5 aliphatic rings. The van der Waals surface area contributed by atoms with Crippen molar-refractivity contribution in [1.82, 2.24) is 4.98 Å². The first-order valence-electron chi connectivity index (χ1n) is 21.6. The number of para-hydroxylation sites is 1. The fourth-order valence-corrected chi connectivity index (χ4v) is 11.2. The Morgan fingerprint density at radius 3 is 2.49 bits per heavy atom. The Morgan fingerprint density at radius 2 is 1.59 bits per heavy atom. The number of nitrogens with zero attached hydrogens (tertiary/aromatic N) is 1. The van der Waals surface area contributed by atoms with Crippen molar-refractivity contribution in [3.05, 3.63) is 173 Å². The third kappa shape index (κ3) is 5.29. The molecule has 2 nitrogen and oxygen atoms in total. The molecule has 1 aromatic heterocycles. The molecule has 6 aromatic carbocycles. The van der Waals surface area contributed by atoms with E-state index in [2.05, 4.69) is 175 Å². The maximum atomic E-state index is 3.98. The molecule has 1 N–H and O–H groups in total. The van der Waals surface area contributed by atoms with Crippen LogP contribution in [0.4, 0.5) is 11.4 Å². The summed E-state index contributed by atoms with van der Waals surface area (Å²) >= 11 is 0. The third-order valence-electron chi connectivity index (χ3n) is 14.0. The normalized spacial score (nSPS) is 17.6. The molecule has 0 radical (unpaired) electrons. The van der Waals surface area contributed by atoms with E-state index in [4.69, 9.17) is 0 Å². The lowest BCUT2D eigenvalue weighted by atomic mass is 9.56. The van der Waals surface area contributed by atoms with Gasteiger partial charge in [-0.15, -0.1) is 5.92 Å². The van der Waals surface area contributed by atoms with E-state index in [0.29, 0.717) is 0 Å². The molecule has 12 rings (SSSR count). The van der Waals surface area contributed by atoms with Gasteiger partial charge < -0.3 is 9.88 Å². The van der Waals surface area contributed by atoms with Gasteiger partial charge in [0.05, 0.1) is 5.52 Å². The molecule has 3 heteroatoms. The van der Waals surface area contributed by atoms with Crippen LogP contribution < -0.4 is 15.8 Å². The van der Waals surface area contributed by atoms with Crippen LogP contribution in [0, 0.1) is 11.8 Å². The van der Waals surface area contributed by atoms with E-state index in [9.17, 15) is 0 Å². The molecule has 59 heavy (non-hydrogen) atoms. The van der Waals surface area contributed by atoms with Gasteiger partial charge in [-0.05, 0) is 117 Å². The number of aromatic amines is 1. The number of H-pyrrole nitrogens is 1. The van der Waals surface area contributed by atoms with Crippen LogP contribution in [0.5, 0.6) is 0 Å². The van der Waals surface area contributed by atoms with Crippen molar-refractivity contribution in [1.29, 1.82) is 0 Å². The van der Waals surface area contributed by atoms with Crippen molar-refractivity contribution >= 4 is 67.7 Å². The molecule has 0 fully saturated rings. The highest BCUT2D eigenvalue weighted by Gasteiger charge is 2.44. The number of hydrogen-bond donors (Lipinski definition) is 1. The van der Waals surface area contributed by atoms with Gasteiger partial charge in [0, 0.05) is 57.2 Å². The first kappa shape index (κ1) is 34.5. The van der Waals surface area contributed by atoms with Crippen molar-refractivity contribution in [2.75, 3.05) is 4.90 Å². The van der Waals surface area contributed by atoms with E-state index in [1.165, 1.54) is 111 Å². The molecule has 4 aliphatic carbocycles. The van der Waals surface area contributed by atoms with Gasteiger partial charge in [-0.2, -0.15) is 0 Å². The molecule has 0 atom stereocenters. The maximum Gasteiger partial charge on any atom is 0.198 e. The molecule has 0 saturated heterocycles. The van der Waals surface area contributed by atoms with Crippen LogP contribution >= 0.6 is 0 Å². The van der Waals surface area contributed by atoms with Gasteiger partial charge >= 0.3 is 0 Å². The molecule has 1 aliphatic heterocycles. The van der Waals surface area contributed by atoms with Gasteiger partial charge in [0.15, 0.2) is 7.28 Å². The lowest BCUT2D eigenvalue weighted by Gasteiger charge is -2.41. The average molecular weight is 757 g/mol. The number of benzene rings is 6. The zero-order valence-electron chi connectivity index (χ0n) is 33.9. The van der Waals surface area contributed by atoms with Crippen molar-refractivity contribution < 1.29 is 0 Å². The summed E-state index contributed by atoms with van der Waals surface area (Å²) in [6.07, 6.45) is 19.2. The van der Waals surface area contributed by atoms with Gasteiger partial charge in [-0.25, -0.2) is 0 Å². The highest BCUT2D eigenvalue weighted by Crippen LogP contribution is 2.56. The number of nitrogens with one attached hydrogen (secondary N) is 1. The SMILES string of the molecule is CC1(C)C2=C(C=CCC2)c2cc(-c3cccc4c3[nH]c3ccc5ccccc5c34)c3c(c21)N(C1=CC=C(C2=CCCC#CC2)CC1)c1ccc(-c2ccccc2)cc1B3. The minimum atomic E-state index is -0.107. The quantitative estimate of drug-likeness (QED) is 0.140. The smallest absolute Gasteiger partial charge is 0.198 e. The monoisotopic (exact) mass is 756 g/mol. The minimum absolute atomic E-state index is 0.107. The van der Waals surface area contributed by atoms with Gasteiger partial charge in [-0.1, -0.05) is 146 Å². The summed E-state index contributed by atoms with van der Waals surface area (Å²) in [5.74, 6) is 6.77. The molecule has 0 bridgehead atoms. The summed E-state index contributed by atoms with van der Waals surface area (Å²) in [6.45, 7) is 4.99. The molecule has 0 spiro atoms. The van der Waals surface area contributed by atoms with Crippen LogP contribution in [-0.2, 0) is 5.41 Å². The Hall–Kier alpha value is -6.50. The fraction of sp³-hybridized carbons (Fsp3) is 0.179. The van der Waals surface area contributed by atoms with E-state index in [1.54, 1.807) is 5.57 Å². The van der Waals surface area contributed by atoms with Crippen LogP contribution in [-0.4, -0.2) is 12.3 Å². The zero-order valence-corrected chi connectivity index (χ0v) is 33.9. The molecule has 7 aromatic rings. The van der Waals surface area contributed by atoms with Crippen LogP contribution in [0.1, 0.15) is 69.9 Å². The molecular weight excluding hydrogens is 711 g/mol. The third-order valence-corrected chi connectivity index (χ3v) is 14.0. The fourth-order valence-electron chi connectivity index (χ4n) is 11.2. The second-order valence-electron chi connectivity index (χ2n) is 17.6. The summed E-state index contributed by atoms with van der Waals surface area (Å²) in [5, 5.41) is 5.16. The van der Waals surface area contributed by atoms with E-state index in [0.717, 1.165) is 52.2 Å².